The van der Waals surface area contributed by atoms with Crippen LogP contribution < -0.4 is 10.1 Å². The Kier molecular flexibility index (Phi) is 8.33. The maximum atomic E-state index is 13.3. The van der Waals surface area contributed by atoms with Crippen LogP contribution in [-0.4, -0.2) is 31.1 Å². The van der Waals surface area contributed by atoms with Crippen LogP contribution >= 0.6 is 0 Å². The van der Waals surface area contributed by atoms with Gasteiger partial charge in [-0.3, -0.25) is 4.79 Å². The van der Waals surface area contributed by atoms with Crippen molar-refractivity contribution in [2.24, 2.45) is 0 Å². The van der Waals surface area contributed by atoms with Crippen molar-refractivity contribution < 1.29 is 23.8 Å². The van der Waals surface area contributed by atoms with Gasteiger partial charge in [0.05, 0.1) is 13.7 Å². The van der Waals surface area contributed by atoms with Gasteiger partial charge in [0.2, 0.25) is 0 Å². The fraction of sp³-hybridized carbons (Fsp3) is 0.176. The fourth-order valence-corrected chi connectivity index (χ4v) is 1.70. The van der Waals surface area contributed by atoms with Gasteiger partial charge in [-0.15, -0.1) is 0 Å². The summed E-state index contributed by atoms with van der Waals surface area (Å²) in [6.45, 7) is 1.67. The number of carbonyl (C=O) groups excluding carboxylic acids is 1. The molecule has 0 unspecified atom stereocenters. The van der Waals surface area contributed by atoms with Crippen molar-refractivity contribution in [2.45, 2.75) is 6.92 Å². The first-order valence-corrected chi connectivity index (χ1v) is 6.69. The summed E-state index contributed by atoms with van der Waals surface area (Å²) < 4.78 is 18.3. The number of carboxylic acid groups (broad SMARTS) is 1. The van der Waals surface area contributed by atoms with Crippen molar-refractivity contribution in [1.82, 2.24) is 5.32 Å². The van der Waals surface area contributed by atoms with E-state index in [-0.39, 0.29) is 12.4 Å². The van der Waals surface area contributed by atoms with E-state index in [1.165, 1.54) is 31.2 Å². The summed E-state index contributed by atoms with van der Waals surface area (Å²) in [4.78, 5) is 18.7. The van der Waals surface area contributed by atoms with Crippen LogP contribution in [0.1, 0.15) is 5.56 Å². The molecule has 0 spiro atoms. The summed E-state index contributed by atoms with van der Waals surface area (Å²) in [5, 5.41) is 9.65. The van der Waals surface area contributed by atoms with Crippen molar-refractivity contribution in [3.63, 3.8) is 0 Å². The Bertz CT molecular complexity index is 662. The fourth-order valence-electron chi connectivity index (χ4n) is 1.70. The minimum Gasteiger partial charge on any atom is -0.521 e. The van der Waals surface area contributed by atoms with E-state index in [4.69, 9.17) is 9.84 Å². The number of hydrogen-bond donors (Lipinski definition) is 2. The number of carboxylic acids is 1. The van der Waals surface area contributed by atoms with E-state index < -0.39 is 5.97 Å². The molecule has 0 saturated carbocycles. The predicted molar refractivity (Wildman–Crippen MR) is 84.5 cm³/mol. The van der Waals surface area contributed by atoms with Gasteiger partial charge in [0, 0.05) is 6.07 Å². The third-order valence-electron chi connectivity index (χ3n) is 2.80. The minimum absolute atomic E-state index is 0. The minimum atomic E-state index is -1.07. The molecule has 134 valence electrons. The molecule has 2 rings (SSSR count). The molecule has 0 saturated heterocycles. The molecule has 0 bridgehead atoms. The number of nitrogens with one attached hydrogen (secondary N) is 1. The van der Waals surface area contributed by atoms with Crippen molar-refractivity contribution >= 4 is 12.4 Å². The van der Waals surface area contributed by atoms with Crippen LogP contribution in [0.2, 0.25) is 0 Å². The Morgan fingerprint density at radius 3 is 2.29 bits per heavy atom. The first-order valence-electron chi connectivity index (χ1n) is 6.69. The van der Waals surface area contributed by atoms with Gasteiger partial charge >= 0.3 is 5.97 Å². The summed E-state index contributed by atoms with van der Waals surface area (Å²) >= 11 is 0. The molecule has 5 nitrogen and oxygen atoms in total. The number of amides is 1. The first kappa shape index (κ1) is 20.1. The number of benzene rings is 2. The van der Waals surface area contributed by atoms with Crippen LogP contribution in [0.4, 0.5) is 4.39 Å². The van der Waals surface area contributed by atoms with Gasteiger partial charge in [-0.25, -0.2) is 4.39 Å². The standard InChI is InChI=1S/C14H13FO.C3H4NO3.Fm/c1-10-3-5-11(6-4-10)12-7-13(15)9-14(8-12)16-2;5-2-4-1-3(6)7;/h3-9H,1-2H3;1H2,(H,4,5)(H,6,7);/q;-1;. The van der Waals surface area contributed by atoms with E-state index in [1.807, 2.05) is 42.6 Å². The maximum absolute atomic E-state index is 13.3. The molecule has 2 aromatic carbocycles. The van der Waals surface area contributed by atoms with Gasteiger partial charge in [0.1, 0.15) is 11.6 Å². The van der Waals surface area contributed by atoms with Gasteiger partial charge < -0.3 is 20.0 Å². The average molecular weight is 575 g/mol. The van der Waals surface area contributed by atoms with E-state index in [2.05, 4.69) is 0 Å². The maximum Gasteiger partial charge on any atom is 0.320 e. The molecular formula is C17H17FFmNO4-. The second kappa shape index (κ2) is 9.94. The van der Waals surface area contributed by atoms with Crippen LogP contribution in [0.15, 0.2) is 42.5 Å². The largest absolute Gasteiger partial charge is 0.521 e. The number of carbonyl (C=O) groups is 1. The predicted octanol–water partition coefficient (Wildman–Crippen LogP) is 2.54. The molecule has 0 radical (unpaired) electrons. The first-order chi connectivity index (χ1) is 11.0. The summed E-state index contributed by atoms with van der Waals surface area (Å²) in [5.74, 6) is -0.811. The molecule has 24 heavy (non-hydrogen) atoms. The molecule has 0 fully saturated rings. The second-order valence-electron chi connectivity index (χ2n) is 4.60. The SMILES string of the molecule is COc1cc(F)cc(-c2ccc(C)cc2)c1.O=[C-]NCC(=O)O.[Fm]. The molecular weight excluding hydrogens is 558 g/mol. The molecule has 2 aromatic rings. The molecule has 0 atom stereocenters. The molecule has 1 amide bonds. The third-order valence-corrected chi connectivity index (χ3v) is 2.80. The van der Waals surface area contributed by atoms with Crippen molar-refractivity contribution in [3.05, 3.63) is 53.8 Å². The Balaban J connectivity index is 0.000000570. The molecule has 0 heterocycles. The van der Waals surface area contributed by atoms with Crippen LogP contribution in [0.3, 0.4) is 0 Å². The van der Waals surface area contributed by atoms with E-state index in [9.17, 15) is 14.0 Å². The van der Waals surface area contributed by atoms with E-state index in [0.717, 1.165) is 11.1 Å². The van der Waals surface area contributed by atoms with Crippen molar-refractivity contribution in [2.75, 3.05) is 13.7 Å². The summed E-state index contributed by atoms with van der Waals surface area (Å²) in [6.07, 6.45) is 1.22. The van der Waals surface area contributed by atoms with Crippen LogP contribution in [0, 0.1) is 12.7 Å². The molecule has 0 aliphatic heterocycles. The summed E-state index contributed by atoms with van der Waals surface area (Å²) in [7, 11) is 1.54. The number of methoxy groups -OCH3 is 1. The number of aryl methyl sites for hydroxylation is 1. The third kappa shape index (κ3) is 6.71. The Morgan fingerprint density at radius 1 is 1.21 bits per heavy atom. The topological polar surface area (TPSA) is 75.6 Å². The quantitative estimate of drug-likeness (QED) is 0.425. The van der Waals surface area contributed by atoms with Crippen LogP contribution in [-0.2, 0) is 9.59 Å². The number of aliphatic carboxylic acids is 1. The molecule has 2 N–H and O–H groups in total. The zero-order valence-corrected chi connectivity index (χ0v) is 15.5. The average Bonchev–Trinajstić information content (AvgIpc) is 2.53. The molecule has 0 aliphatic carbocycles. The van der Waals surface area contributed by atoms with E-state index in [1.54, 1.807) is 0 Å². The van der Waals surface area contributed by atoms with E-state index >= 15 is 0 Å². The van der Waals surface area contributed by atoms with Crippen molar-refractivity contribution in [1.29, 1.82) is 0 Å². The molecule has 7 heteroatoms. The van der Waals surface area contributed by atoms with Crippen LogP contribution in [0.25, 0.3) is 11.1 Å². The monoisotopic (exact) mass is 575 g/mol. The van der Waals surface area contributed by atoms with Gasteiger partial charge in [-0.1, -0.05) is 29.8 Å². The summed E-state index contributed by atoms with van der Waals surface area (Å²) in [5.41, 5.74) is 3.01. The van der Waals surface area contributed by atoms with Crippen LogP contribution in [0.5, 0.6) is 5.75 Å². The number of halogens is 1. The number of ether oxygens (including phenoxy) is 1. The molecule has 0 aliphatic rings. The van der Waals surface area contributed by atoms with Gasteiger partial charge in [0.15, 0.2) is 0 Å². The Labute approximate surface area is 133 Å². The number of hydrogen-bond acceptors (Lipinski definition) is 3. The second-order valence-corrected chi connectivity index (χ2v) is 4.60. The smallest absolute Gasteiger partial charge is 0.320 e. The van der Waals surface area contributed by atoms with E-state index in [0.29, 0.717) is 5.75 Å². The van der Waals surface area contributed by atoms with Gasteiger partial charge in [-0.2, -0.15) is 6.41 Å². The zero-order chi connectivity index (χ0) is 17.2. The normalized spacial score (nSPS) is 8.96. The number of rotatable bonds is 5. The summed E-state index contributed by atoms with van der Waals surface area (Å²) in [6, 6.07) is 12.7. The van der Waals surface area contributed by atoms with Gasteiger partial charge in [0.25, 0.3) is 0 Å². The zero-order valence-electron chi connectivity index (χ0n) is 13.1. The Hall–Kier alpha value is -3.89. The molecule has 0 aromatic heterocycles. The van der Waals surface area contributed by atoms with Gasteiger partial charge in [-0.05, 0) is 30.2 Å². The Morgan fingerprint density at radius 2 is 1.83 bits per heavy atom. The van der Waals surface area contributed by atoms with Crippen molar-refractivity contribution in [3.8, 4) is 16.9 Å².